The summed E-state index contributed by atoms with van der Waals surface area (Å²) in [5.41, 5.74) is 3.43. The molecule has 1 aliphatic carbocycles. The highest BCUT2D eigenvalue weighted by molar-refractivity contribution is 6.05. The maximum Gasteiger partial charge on any atom is 0.329 e. The number of piperidine rings is 1. The highest BCUT2D eigenvalue weighted by atomic mass is 16.2. The van der Waals surface area contributed by atoms with Gasteiger partial charge in [-0.05, 0) is 56.0 Å². The molecule has 16 nitrogen and oxygen atoms in total. The lowest BCUT2D eigenvalue weighted by Gasteiger charge is -2.43. The molecule has 0 atom stereocenters. The molecule has 0 aromatic carbocycles. The Morgan fingerprint density at radius 2 is 1.68 bits per heavy atom. The standard InChI is InChI=1S/C37H47N13O3/c1-45(2)35(52)30-21-25-22-39-36(42-34(25)50(30)28-5-3-4-6-28)40-31-9-8-29(23-38-31)47-14-11-27(12-15-47)48-19-17-46(18-20-48)24-26-7-10-32(44-43-26)49-16-13-33(51)41-37(49)53/h7-10,21-23,27-28H,3-6,11-20,24H2,1-2H3,(H,41,51,53)(H,38,39,40,42). The molecule has 4 aromatic heterocycles. The number of hydrogen-bond acceptors (Lipinski definition) is 12. The number of aromatic nitrogens is 6. The molecule has 4 fully saturated rings. The summed E-state index contributed by atoms with van der Waals surface area (Å²) in [6.07, 6.45) is 10.6. The van der Waals surface area contributed by atoms with Crippen molar-refractivity contribution in [3.8, 4) is 0 Å². The molecular weight excluding hydrogens is 674 g/mol. The van der Waals surface area contributed by atoms with E-state index < -0.39 is 6.03 Å². The molecule has 0 radical (unpaired) electrons. The minimum atomic E-state index is -0.450. The molecule has 0 bridgehead atoms. The Balaban J connectivity index is 0.818. The monoisotopic (exact) mass is 721 g/mol. The van der Waals surface area contributed by atoms with Crippen LogP contribution in [-0.4, -0.2) is 128 Å². The van der Waals surface area contributed by atoms with Crippen LogP contribution in [0.5, 0.6) is 0 Å². The zero-order valence-corrected chi connectivity index (χ0v) is 30.4. The van der Waals surface area contributed by atoms with Crippen LogP contribution in [-0.2, 0) is 11.3 Å². The van der Waals surface area contributed by atoms with Gasteiger partial charge in [0.25, 0.3) is 5.91 Å². The third-order valence-corrected chi connectivity index (χ3v) is 11.1. The van der Waals surface area contributed by atoms with Crippen molar-refractivity contribution in [1.29, 1.82) is 0 Å². The fraction of sp³-hybridized carbons (Fsp3) is 0.514. The first-order chi connectivity index (χ1) is 25.8. The molecule has 8 rings (SSSR count). The molecule has 7 heterocycles. The van der Waals surface area contributed by atoms with Gasteiger partial charge in [-0.2, -0.15) is 10.1 Å². The Labute approximate surface area is 308 Å². The Hall–Kier alpha value is -5.22. The minimum absolute atomic E-state index is 0.0209. The number of rotatable bonds is 9. The van der Waals surface area contributed by atoms with Gasteiger partial charge in [-0.15, -0.1) is 5.10 Å². The van der Waals surface area contributed by atoms with Gasteiger partial charge in [0.1, 0.15) is 17.2 Å². The average Bonchev–Trinajstić information content (AvgIpc) is 3.84. The van der Waals surface area contributed by atoms with Crippen molar-refractivity contribution in [3.63, 3.8) is 0 Å². The summed E-state index contributed by atoms with van der Waals surface area (Å²) in [4.78, 5) is 61.3. The largest absolute Gasteiger partial charge is 0.370 e. The van der Waals surface area contributed by atoms with Gasteiger partial charge >= 0.3 is 6.03 Å². The van der Waals surface area contributed by atoms with E-state index in [1.54, 1.807) is 31.3 Å². The minimum Gasteiger partial charge on any atom is -0.370 e. The quantitative estimate of drug-likeness (QED) is 0.260. The van der Waals surface area contributed by atoms with Gasteiger partial charge in [0, 0.05) is 96.5 Å². The summed E-state index contributed by atoms with van der Waals surface area (Å²) in [5.74, 6) is 1.32. The highest BCUT2D eigenvalue weighted by Gasteiger charge is 2.30. The number of carbonyl (C=O) groups is 3. The van der Waals surface area contributed by atoms with Crippen molar-refractivity contribution in [2.75, 3.05) is 75.0 Å². The van der Waals surface area contributed by atoms with Crippen LogP contribution < -0.4 is 20.4 Å². The lowest BCUT2D eigenvalue weighted by molar-refractivity contribution is -0.120. The van der Waals surface area contributed by atoms with Gasteiger partial charge in [0.2, 0.25) is 11.9 Å². The van der Waals surface area contributed by atoms with Crippen LogP contribution in [0.25, 0.3) is 11.0 Å². The zero-order valence-electron chi connectivity index (χ0n) is 30.4. The van der Waals surface area contributed by atoms with E-state index in [9.17, 15) is 14.4 Å². The van der Waals surface area contributed by atoms with Crippen molar-refractivity contribution < 1.29 is 14.4 Å². The predicted molar refractivity (Wildman–Crippen MR) is 200 cm³/mol. The van der Waals surface area contributed by atoms with Crippen LogP contribution in [0.2, 0.25) is 0 Å². The molecule has 53 heavy (non-hydrogen) atoms. The van der Waals surface area contributed by atoms with Gasteiger partial charge in [-0.1, -0.05) is 12.8 Å². The first kappa shape index (κ1) is 34.8. The van der Waals surface area contributed by atoms with Crippen molar-refractivity contribution >= 4 is 52.2 Å². The van der Waals surface area contributed by atoms with Crippen molar-refractivity contribution in [1.82, 2.24) is 49.7 Å². The molecule has 2 N–H and O–H groups in total. The van der Waals surface area contributed by atoms with Gasteiger partial charge in [0.05, 0.1) is 17.6 Å². The Morgan fingerprint density at radius 3 is 2.36 bits per heavy atom. The van der Waals surface area contributed by atoms with E-state index in [4.69, 9.17) is 9.97 Å². The van der Waals surface area contributed by atoms with Gasteiger partial charge in [-0.25, -0.2) is 14.8 Å². The number of imide groups is 1. The number of nitrogens with one attached hydrogen (secondary N) is 2. The van der Waals surface area contributed by atoms with E-state index in [0.717, 1.165) is 107 Å². The molecule has 3 aliphatic heterocycles. The Kier molecular flexibility index (Phi) is 9.88. The van der Waals surface area contributed by atoms with Crippen molar-refractivity contribution in [3.05, 3.63) is 54.1 Å². The lowest BCUT2D eigenvalue weighted by atomic mass is 10.0. The zero-order chi connectivity index (χ0) is 36.5. The fourth-order valence-electron chi connectivity index (χ4n) is 8.12. The van der Waals surface area contributed by atoms with Gasteiger partial charge in [0.15, 0.2) is 5.82 Å². The first-order valence-corrected chi connectivity index (χ1v) is 18.8. The molecular formula is C37H47N13O3. The molecule has 0 unspecified atom stereocenters. The van der Waals surface area contributed by atoms with E-state index in [2.05, 4.69) is 51.1 Å². The van der Waals surface area contributed by atoms with Crippen molar-refractivity contribution in [2.24, 2.45) is 0 Å². The second-order valence-electron chi connectivity index (χ2n) is 14.7. The van der Waals surface area contributed by atoms with Crippen LogP contribution in [0.3, 0.4) is 0 Å². The lowest BCUT2D eigenvalue weighted by Crippen LogP contribution is -2.53. The number of hydrogen-bond donors (Lipinski definition) is 2. The Bertz CT molecular complexity index is 1940. The van der Waals surface area contributed by atoms with Crippen LogP contribution in [0.1, 0.15) is 67.2 Å². The van der Waals surface area contributed by atoms with Gasteiger partial charge in [-0.3, -0.25) is 29.6 Å². The maximum absolute atomic E-state index is 13.1. The molecule has 4 amide bonds. The predicted octanol–water partition coefficient (Wildman–Crippen LogP) is 3.41. The molecule has 278 valence electrons. The second-order valence-corrected chi connectivity index (χ2v) is 14.7. The van der Waals surface area contributed by atoms with Crippen LogP contribution in [0, 0.1) is 0 Å². The van der Waals surface area contributed by atoms with E-state index in [-0.39, 0.29) is 24.3 Å². The van der Waals surface area contributed by atoms with Gasteiger partial charge < -0.3 is 19.7 Å². The molecule has 3 saturated heterocycles. The number of piperazine rings is 1. The summed E-state index contributed by atoms with van der Waals surface area (Å²) >= 11 is 0. The number of amides is 4. The summed E-state index contributed by atoms with van der Waals surface area (Å²) in [6.45, 7) is 6.98. The molecule has 4 aliphatic rings. The topological polar surface area (TPSA) is 161 Å². The average molecular weight is 722 g/mol. The van der Waals surface area contributed by atoms with Crippen LogP contribution in [0.15, 0.2) is 42.7 Å². The SMILES string of the molecule is CN(C)C(=O)c1cc2cnc(Nc3ccc(N4CCC(N5CCN(Cc6ccc(N7CCC(=O)NC7=O)nn6)CC5)CC4)cn3)nc2n1C1CCCC1. The molecule has 1 saturated carbocycles. The third kappa shape index (κ3) is 7.51. The summed E-state index contributed by atoms with van der Waals surface area (Å²) in [5, 5.41) is 15.1. The number of nitrogens with zero attached hydrogens (tertiary/aromatic N) is 11. The number of urea groups is 1. The van der Waals surface area contributed by atoms with E-state index in [1.165, 1.54) is 4.90 Å². The summed E-state index contributed by atoms with van der Waals surface area (Å²) in [6, 6.07) is 10.1. The molecule has 0 spiro atoms. The number of carbonyl (C=O) groups excluding carboxylic acids is 3. The van der Waals surface area contributed by atoms with E-state index >= 15 is 0 Å². The van der Waals surface area contributed by atoms with Crippen molar-refractivity contribution in [2.45, 2.75) is 63.6 Å². The Morgan fingerprint density at radius 1 is 0.887 bits per heavy atom. The summed E-state index contributed by atoms with van der Waals surface area (Å²) < 4.78 is 2.12. The number of anilines is 4. The number of pyridine rings is 1. The maximum atomic E-state index is 13.1. The molecule has 4 aromatic rings. The van der Waals surface area contributed by atoms with E-state index in [1.807, 2.05) is 24.4 Å². The fourth-order valence-corrected chi connectivity index (χ4v) is 8.12. The van der Waals surface area contributed by atoms with Crippen LogP contribution in [0.4, 0.5) is 28.1 Å². The third-order valence-electron chi connectivity index (χ3n) is 11.1. The normalized spacial score (nSPS) is 19.6. The van der Waals surface area contributed by atoms with Crippen LogP contribution >= 0.6 is 0 Å². The summed E-state index contributed by atoms with van der Waals surface area (Å²) in [7, 11) is 3.57. The second kappa shape index (κ2) is 15.0. The van der Waals surface area contributed by atoms with E-state index in [0.29, 0.717) is 35.9 Å². The molecule has 16 heteroatoms. The smallest absolute Gasteiger partial charge is 0.329 e. The number of fused-ring (bicyclic) bond motifs is 1. The highest BCUT2D eigenvalue weighted by Crippen LogP contribution is 2.35. The first-order valence-electron chi connectivity index (χ1n) is 18.8.